The molecule has 3 aromatic rings. The van der Waals surface area contributed by atoms with Crippen molar-refractivity contribution in [1.82, 2.24) is 14.4 Å². The van der Waals surface area contributed by atoms with Crippen LogP contribution in [0.2, 0.25) is 0 Å². The van der Waals surface area contributed by atoms with Crippen LogP contribution in [0.1, 0.15) is 35.7 Å². The van der Waals surface area contributed by atoms with E-state index in [0.29, 0.717) is 22.8 Å². The first-order valence-corrected chi connectivity index (χ1v) is 14.6. The predicted octanol–water partition coefficient (Wildman–Crippen LogP) is 3.48. The lowest BCUT2D eigenvalue weighted by atomic mass is 9.99. The molecule has 2 heterocycles. The molecule has 4 rings (SSSR count). The van der Waals surface area contributed by atoms with Gasteiger partial charge in [0.05, 0.1) is 29.7 Å². The highest BCUT2D eigenvalue weighted by molar-refractivity contribution is 7.89. The highest BCUT2D eigenvalue weighted by Gasteiger charge is 2.35. The molecule has 0 bridgehead atoms. The van der Waals surface area contributed by atoms with Crippen molar-refractivity contribution in [3.63, 3.8) is 0 Å². The van der Waals surface area contributed by atoms with Crippen LogP contribution in [0.15, 0.2) is 57.9 Å². The first-order valence-electron chi connectivity index (χ1n) is 13.2. The van der Waals surface area contributed by atoms with Crippen molar-refractivity contribution in [1.29, 1.82) is 0 Å². The minimum Gasteiger partial charge on any atom is -0.488 e. The highest BCUT2D eigenvalue weighted by Crippen LogP contribution is 2.31. The largest absolute Gasteiger partial charge is 0.488 e. The Morgan fingerprint density at radius 1 is 1.20 bits per heavy atom. The van der Waals surface area contributed by atoms with Gasteiger partial charge in [0.1, 0.15) is 23.2 Å². The Bertz CT molecular complexity index is 1490. The van der Waals surface area contributed by atoms with Gasteiger partial charge in [0, 0.05) is 25.2 Å². The van der Waals surface area contributed by atoms with Crippen molar-refractivity contribution in [3.8, 4) is 5.75 Å². The molecule has 0 fully saturated rings. The number of amides is 3. The molecule has 2 aromatic carbocycles. The quantitative estimate of drug-likeness (QED) is 0.363. The van der Waals surface area contributed by atoms with Crippen molar-refractivity contribution in [2.24, 2.45) is 5.92 Å². The van der Waals surface area contributed by atoms with Crippen LogP contribution in [0.25, 0.3) is 0 Å². The SMILES string of the molecule is Cc1noc(C)c1NC(=O)Nc1ccc2c(c1)C(=O)N([C@@H](C)CO)C[C@@H](C)[C@H](CN(C)S(=O)(=O)c1ccccc1)O2. The summed E-state index contributed by atoms with van der Waals surface area (Å²) >= 11 is 0. The zero-order chi connectivity index (χ0) is 29.9. The molecule has 13 heteroatoms. The Kier molecular flexibility index (Phi) is 9.00. The molecule has 1 aliphatic rings. The third kappa shape index (κ3) is 6.53. The number of aromatic nitrogens is 1. The van der Waals surface area contributed by atoms with E-state index in [2.05, 4.69) is 15.8 Å². The van der Waals surface area contributed by atoms with Gasteiger partial charge in [0.25, 0.3) is 5.91 Å². The summed E-state index contributed by atoms with van der Waals surface area (Å²) < 4.78 is 39.0. The maximum Gasteiger partial charge on any atom is 0.323 e. The zero-order valence-electron chi connectivity index (χ0n) is 23.6. The Balaban J connectivity index is 1.62. The Morgan fingerprint density at radius 2 is 1.90 bits per heavy atom. The van der Waals surface area contributed by atoms with Crippen LogP contribution in [0.4, 0.5) is 16.2 Å². The van der Waals surface area contributed by atoms with Crippen LogP contribution >= 0.6 is 0 Å². The first-order chi connectivity index (χ1) is 19.4. The Hall–Kier alpha value is -3.94. The van der Waals surface area contributed by atoms with E-state index in [4.69, 9.17) is 9.26 Å². The van der Waals surface area contributed by atoms with Gasteiger partial charge in [-0.15, -0.1) is 0 Å². The zero-order valence-corrected chi connectivity index (χ0v) is 24.4. The molecule has 0 aliphatic carbocycles. The average molecular weight is 586 g/mol. The van der Waals surface area contributed by atoms with Crippen LogP contribution in [0.5, 0.6) is 5.75 Å². The fourth-order valence-electron chi connectivity index (χ4n) is 4.58. The molecule has 1 aromatic heterocycles. The predicted molar refractivity (Wildman–Crippen MR) is 152 cm³/mol. The minimum atomic E-state index is -3.79. The number of hydrogen-bond acceptors (Lipinski definition) is 8. The number of aliphatic hydroxyl groups is 1. The van der Waals surface area contributed by atoms with E-state index in [1.807, 2.05) is 6.92 Å². The van der Waals surface area contributed by atoms with Crippen molar-refractivity contribution in [3.05, 3.63) is 65.5 Å². The summed E-state index contributed by atoms with van der Waals surface area (Å²) in [5, 5.41) is 19.1. The molecule has 3 amide bonds. The number of carbonyl (C=O) groups is 2. The number of sulfonamides is 1. The molecule has 3 atom stereocenters. The standard InChI is InChI=1S/C28H35N5O7S/c1-17-14-33(18(2)16-34)27(35)23-13-21(29-28(36)30-26-19(3)31-40-20(26)4)11-12-24(23)39-25(17)15-32(5)41(37,38)22-9-7-6-8-10-22/h6-13,17-18,25,34H,14-16H2,1-5H3,(H2,29,30,36)/t17-,18+,25+/m1/s1. The molecule has 0 spiro atoms. The summed E-state index contributed by atoms with van der Waals surface area (Å²) in [5.41, 5.74) is 1.47. The third-order valence-electron chi connectivity index (χ3n) is 7.08. The highest BCUT2D eigenvalue weighted by atomic mass is 32.2. The second-order valence-electron chi connectivity index (χ2n) is 10.2. The normalized spacial score (nSPS) is 18.2. The number of urea groups is 1. The molecular formula is C28H35N5O7S. The van der Waals surface area contributed by atoms with Crippen LogP contribution in [-0.4, -0.2) is 78.7 Å². The fraction of sp³-hybridized carbons (Fsp3) is 0.393. The molecule has 0 unspecified atom stereocenters. The topological polar surface area (TPSA) is 154 Å². The summed E-state index contributed by atoms with van der Waals surface area (Å²) in [6.45, 7) is 6.95. The van der Waals surface area contributed by atoms with E-state index in [0.717, 1.165) is 0 Å². The molecule has 41 heavy (non-hydrogen) atoms. The van der Waals surface area contributed by atoms with Crippen LogP contribution in [0.3, 0.4) is 0 Å². The molecule has 0 radical (unpaired) electrons. The maximum absolute atomic E-state index is 13.7. The number of nitrogens with one attached hydrogen (secondary N) is 2. The van der Waals surface area contributed by atoms with Gasteiger partial charge in [-0.2, -0.15) is 4.31 Å². The van der Waals surface area contributed by atoms with Gasteiger partial charge < -0.3 is 29.9 Å². The van der Waals surface area contributed by atoms with E-state index in [1.165, 1.54) is 29.6 Å². The van der Waals surface area contributed by atoms with Crippen molar-refractivity contribution < 1.29 is 32.4 Å². The van der Waals surface area contributed by atoms with Crippen LogP contribution < -0.4 is 15.4 Å². The number of ether oxygens (including phenoxy) is 1. The maximum atomic E-state index is 13.7. The van der Waals surface area contributed by atoms with E-state index in [-0.39, 0.29) is 47.7 Å². The van der Waals surface area contributed by atoms with Gasteiger partial charge in [0.2, 0.25) is 10.0 Å². The van der Waals surface area contributed by atoms with E-state index < -0.39 is 28.2 Å². The summed E-state index contributed by atoms with van der Waals surface area (Å²) in [5.74, 6) is 0.0244. The Labute approximate surface area is 239 Å². The second-order valence-corrected chi connectivity index (χ2v) is 12.3. The number of hydrogen-bond donors (Lipinski definition) is 3. The lowest BCUT2D eigenvalue weighted by Gasteiger charge is -2.38. The summed E-state index contributed by atoms with van der Waals surface area (Å²) in [7, 11) is -2.30. The number of rotatable bonds is 8. The number of nitrogens with zero attached hydrogens (tertiary/aromatic N) is 3. The van der Waals surface area contributed by atoms with Gasteiger partial charge in [0.15, 0.2) is 5.76 Å². The number of benzene rings is 2. The van der Waals surface area contributed by atoms with E-state index in [9.17, 15) is 23.1 Å². The molecule has 12 nitrogen and oxygen atoms in total. The summed E-state index contributed by atoms with van der Waals surface area (Å²) in [4.78, 5) is 28.1. The molecule has 0 saturated heterocycles. The van der Waals surface area contributed by atoms with Gasteiger partial charge >= 0.3 is 6.03 Å². The monoisotopic (exact) mass is 585 g/mol. The van der Waals surface area contributed by atoms with Gasteiger partial charge in [-0.1, -0.05) is 30.3 Å². The average Bonchev–Trinajstić information content (AvgIpc) is 3.27. The van der Waals surface area contributed by atoms with Crippen molar-refractivity contribution in [2.45, 2.75) is 44.7 Å². The smallest absolute Gasteiger partial charge is 0.323 e. The molecule has 3 N–H and O–H groups in total. The van der Waals surface area contributed by atoms with Crippen LogP contribution in [-0.2, 0) is 10.0 Å². The number of anilines is 2. The van der Waals surface area contributed by atoms with E-state index >= 15 is 0 Å². The third-order valence-corrected chi connectivity index (χ3v) is 8.92. The summed E-state index contributed by atoms with van der Waals surface area (Å²) in [6.07, 6.45) is -0.625. The number of carbonyl (C=O) groups excluding carboxylic acids is 2. The first kappa shape index (κ1) is 30.0. The summed E-state index contributed by atoms with van der Waals surface area (Å²) in [6, 6.07) is 11.7. The van der Waals surface area contributed by atoms with Gasteiger partial charge in [-0.05, 0) is 51.1 Å². The van der Waals surface area contributed by atoms with Gasteiger partial charge in [-0.3, -0.25) is 4.79 Å². The number of aliphatic hydroxyl groups excluding tert-OH is 1. The van der Waals surface area contributed by atoms with E-state index in [1.54, 1.807) is 56.0 Å². The van der Waals surface area contributed by atoms with Gasteiger partial charge in [-0.25, -0.2) is 13.2 Å². The lowest BCUT2D eigenvalue weighted by Crippen LogP contribution is -2.50. The second kappa shape index (κ2) is 12.3. The van der Waals surface area contributed by atoms with Crippen molar-refractivity contribution in [2.75, 3.05) is 37.4 Å². The molecular weight excluding hydrogens is 550 g/mol. The number of likely N-dealkylation sites (N-methyl/N-ethyl adjacent to an activating group) is 1. The minimum absolute atomic E-state index is 0.0210. The number of aryl methyl sites for hydroxylation is 2. The molecule has 0 saturated carbocycles. The van der Waals surface area contributed by atoms with Crippen LogP contribution in [0, 0.1) is 19.8 Å². The fourth-order valence-corrected chi connectivity index (χ4v) is 5.78. The lowest BCUT2D eigenvalue weighted by molar-refractivity contribution is 0.0387. The molecule has 220 valence electrons. The number of fused-ring (bicyclic) bond motifs is 1. The molecule has 1 aliphatic heterocycles. The Morgan fingerprint density at radius 3 is 2.54 bits per heavy atom. The van der Waals surface area contributed by atoms with Crippen molar-refractivity contribution >= 4 is 33.3 Å².